The van der Waals surface area contributed by atoms with Gasteiger partial charge < -0.3 is 15.8 Å². The van der Waals surface area contributed by atoms with Gasteiger partial charge in [-0.2, -0.15) is 10.2 Å². The molecule has 0 spiro atoms. The Kier molecular flexibility index (Phi) is 11.0. The highest BCUT2D eigenvalue weighted by Crippen LogP contribution is 2.19. The lowest BCUT2D eigenvalue weighted by molar-refractivity contribution is 0.0509. The smallest absolute Gasteiger partial charge is 0.407 e. The Hall–Kier alpha value is -2.43. The molecule has 37 heavy (non-hydrogen) atoms. The first-order valence-corrected chi connectivity index (χ1v) is 13.7. The fraction of sp³-hybridized carbons (Fsp3) is 0.741. The third kappa shape index (κ3) is 10.8. The van der Waals surface area contributed by atoms with Gasteiger partial charge in [-0.25, -0.2) is 4.79 Å². The maximum absolute atomic E-state index is 11.7. The molecule has 2 saturated heterocycles. The lowest BCUT2D eigenvalue weighted by Gasteiger charge is -2.31. The van der Waals surface area contributed by atoms with Crippen LogP contribution in [0.2, 0.25) is 0 Å². The molecule has 0 radical (unpaired) electrons. The number of aromatic nitrogens is 4. The van der Waals surface area contributed by atoms with Gasteiger partial charge in [0.25, 0.3) is 0 Å². The Balaban J connectivity index is 0.000000220. The zero-order valence-electron chi connectivity index (χ0n) is 23.5. The number of carbonyl (C=O) groups excluding carboxylic acids is 1. The van der Waals surface area contributed by atoms with E-state index in [4.69, 9.17) is 10.5 Å². The van der Waals surface area contributed by atoms with Crippen molar-refractivity contribution in [1.29, 1.82) is 0 Å². The number of rotatable bonds is 7. The number of hydrogen-bond acceptors (Lipinski definition) is 7. The molecule has 2 aliphatic heterocycles. The van der Waals surface area contributed by atoms with Gasteiger partial charge >= 0.3 is 6.09 Å². The first kappa shape index (κ1) is 29.1. The van der Waals surface area contributed by atoms with Gasteiger partial charge in [-0.1, -0.05) is 0 Å². The maximum atomic E-state index is 11.7. The van der Waals surface area contributed by atoms with E-state index in [9.17, 15) is 4.79 Å². The Morgan fingerprint density at radius 2 is 1.38 bits per heavy atom. The molecule has 2 aromatic heterocycles. The summed E-state index contributed by atoms with van der Waals surface area (Å²) >= 11 is 0. The molecule has 0 aliphatic carbocycles. The summed E-state index contributed by atoms with van der Waals surface area (Å²) in [5.41, 5.74) is 7.81. The van der Waals surface area contributed by atoms with Crippen LogP contribution in [0, 0.1) is 11.8 Å². The van der Waals surface area contributed by atoms with Crippen molar-refractivity contribution >= 4 is 6.09 Å². The Labute approximate surface area is 222 Å². The molecule has 0 unspecified atom stereocenters. The summed E-state index contributed by atoms with van der Waals surface area (Å²) in [6.45, 7) is 13.7. The van der Waals surface area contributed by atoms with Gasteiger partial charge in [0.15, 0.2) is 0 Å². The molecule has 4 rings (SSSR count). The van der Waals surface area contributed by atoms with Crippen LogP contribution in [-0.2, 0) is 31.9 Å². The number of amides is 1. The number of aryl methyl sites for hydroxylation is 2. The molecular weight excluding hydrogens is 468 g/mol. The van der Waals surface area contributed by atoms with Gasteiger partial charge in [0.1, 0.15) is 5.60 Å². The van der Waals surface area contributed by atoms with Crippen LogP contribution in [0.15, 0.2) is 24.8 Å². The van der Waals surface area contributed by atoms with Crippen LogP contribution in [0.5, 0.6) is 0 Å². The van der Waals surface area contributed by atoms with Gasteiger partial charge in [-0.3, -0.25) is 19.2 Å². The molecule has 208 valence electrons. The molecule has 10 heteroatoms. The predicted molar refractivity (Wildman–Crippen MR) is 146 cm³/mol. The highest BCUT2D eigenvalue weighted by molar-refractivity contribution is 5.67. The molecule has 2 aliphatic rings. The van der Waals surface area contributed by atoms with Crippen LogP contribution in [-0.4, -0.2) is 80.3 Å². The molecule has 2 aromatic rings. The molecular formula is C27H48N8O2. The third-order valence-electron chi connectivity index (χ3n) is 7.01. The topological polar surface area (TPSA) is 106 Å². The quantitative estimate of drug-likeness (QED) is 0.583. The Morgan fingerprint density at radius 3 is 1.76 bits per heavy atom. The SMILES string of the molecule is Cn1cc(CN2CCC(CN)CC2)cn1.Cn1cc(CN2CCC(CNC(=O)OC(C)(C)C)CC2)cn1. The highest BCUT2D eigenvalue weighted by atomic mass is 16.6. The summed E-state index contributed by atoms with van der Waals surface area (Å²) in [6, 6.07) is 0. The summed E-state index contributed by atoms with van der Waals surface area (Å²) in [4.78, 5) is 16.6. The summed E-state index contributed by atoms with van der Waals surface area (Å²) in [5.74, 6) is 1.29. The van der Waals surface area contributed by atoms with Crippen molar-refractivity contribution in [2.45, 2.75) is 65.1 Å². The van der Waals surface area contributed by atoms with Crippen molar-refractivity contribution in [2.24, 2.45) is 31.7 Å². The number of hydrogen-bond donors (Lipinski definition) is 2. The van der Waals surface area contributed by atoms with E-state index < -0.39 is 5.60 Å². The average molecular weight is 517 g/mol. The van der Waals surface area contributed by atoms with Crippen molar-refractivity contribution in [3.8, 4) is 0 Å². The maximum Gasteiger partial charge on any atom is 0.407 e. The third-order valence-corrected chi connectivity index (χ3v) is 7.01. The molecule has 10 nitrogen and oxygen atoms in total. The van der Waals surface area contributed by atoms with Crippen LogP contribution >= 0.6 is 0 Å². The number of piperidine rings is 2. The Bertz CT molecular complexity index is 934. The molecule has 0 aromatic carbocycles. The molecule has 1 amide bonds. The number of nitrogens with zero attached hydrogens (tertiary/aromatic N) is 6. The minimum atomic E-state index is -0.433. The van der Waals surface area contributed by atoms with E-state index in [1.807, 2.05) is 56.6 Å². The number of nitrogens with two attached hydrogens (primary N) is 1. The van der Waals surface area contributed by atoms with E-state index in [1.54, 1.807) is 0 Å². The summed E-state index contributed by atoms with van der Waals surface area (Å²) in [7, 11) is 3.90. The van der Waals surface area contributed by atoms with Crippen molar-refractivity contribution < 1.29 is 9.53 Å². The first-order valence-electron chi connectivity index (χ1n) is 13.7. The van der Waals surface area contributed by atoms with Crippen molar-refractivity contribution in [1.82, 2.24) is 34.7 Å². The standard InChI is InChI=1S/C16H28N4O2.C11H20N4/c1-16(2,3)22-15(21)17-9-13-5-7-20(8-6-13)12-14-10-18-19(4)11-14;1-14-8-11(7-13-14)9-15-4-2-10(6-12)3-5-15/h10-11,13H,5-9,12H2,1-4H3,(H,17,21);7-8,10H,2-6,9,12H2,1H3. The van der Waals surface area contributed by atoms with Gasteiger partial charge in [0, 0.05) is 57.3 Å². The minimum Gasteiger partial charge on any atom is -0.444 e. The molecule has 0 atom stereocenters. The monoisotopic (exact) mass is 516 g/mol. The van der Waals surface area contributed by atoms with Crippen LogP contribution < -0.4 is 11.1 Å². The molecule has 0 bridgehead atoms. The number of nitrogens with one attached hydrogen (secondary N) is 1. The van der Waals surface area contributed by atoms with Crippen molar-refractivity contribution in [2.75, 3.05) is 39.3 Å². The number of ether oxygens (including phenoxy) is 1. The zero-order valence-corrected chi connectivity index (χ0v) is 23.5. The second-order valence-corrected chi connectivity index (χ2v) is 11.6. The number of likely N-dealkylation sites (tertiary alicyclic amines) is 2. The van der Waals surface area contributed by atoms with E-state index in [2.05, 4.69) is 37.7 Å². The number of carbonyl (C=O) groups is 1. The van der Waals surface area contributed by atoms with Crippen LogP contribution in [0.4, 0.5) is 4.79 Å². The summed E-state index contributed by atoms with van der Waals surface area (Å²) < 4.78 is 8.96. The van der Waals surface area contributed by atoms with E-state index in [0.717, 1.165) is 51.5 Å². The van der Waals surface area contributed by atoms with E-state index in [1.165, 1.54) is 37.1 Å². The lowest BCUT2D eigenvalue weighted by atomic mass is 9.96. The summed E-state index contributed by atoms with van der Waals surface area (Å²) in [5, 5.41) is 11.3. The summed E-state index contributed by atoms with van der Waals surface area (Å²) in [6.07, 6.45) is 12.4. The normalized spacial score (nSPS) is 18.3. The van der Waals surface area contributed by atoms with Crippen molar-refractivity contribution in [3.63, 3.8) is 0 Å². The van der Waals surface area contributed by atoms with Crippen LogP contribution in [0.1, 0.15) is 57.6 Å². The lowest BCUT2D eigenvalue weighted by Crippen LogP contribution is -2.40. The van der Waals surface area contributed by atoms with Gasteiger partial charge in [0.2, 0.25) is 0 Å². The second-order valence-electron chi connectivity index (χ2n) is 11.6. The van der Waals surface area contributed by atoms with Crippen LogP contribution in [0.3, 0.4) is 0 Å². The molecule has 2 fully saturated rings. The van der Waals surface area contributed by atoms with Crippen LogP contribution in [0.25, 0.3) is 0 Å². The van der Waals surface area contributed by atoms with Gasteiger partial charge in [0.05, 0.1) is 12.4 Å². The average Bonchev–Trinajstić information content (AvgIpc) is 3.45. The van der Waals surface area contributed by atoms with E-state index in [-0.39, 0.29) is 6.09 Å². The second kappa shape index (κ2) is 13.9. The van der Waals surface area contributed by atoms with Gasteiger partial charge in [-0.15, -0.1) is 0 Å². The zero-order chi connectivity index (χ0) is 26.8. The predicted octanol–water partition coefficient (Wildman–Crippen LogP) is 2.75. The van der Waals surface area contributed by atoms with E-state index >= 15 is 0 Å². The van der Waals surface area contributed by atoms with Crippen molar-refractivity contribution in [3.05, 3.63) is 35.9 Å². The fourth-order valence-corrected chi connectivity index (χ4v) is 4.89. The Morgan fingerprint density at radius 1 is 0.919 bits per heavy atom. The fourth-order valence-electron chi connectivity index (χ4n) is 4.89. The van der Waals surface area contributed by atoms with Gasteiger partial charge in [-0.05, 0) is 91.0 Å². The molecule has 0 saturated carbocycles. The first-order chi connectivity index (χ1) is 17.6. The highest BCUT2D eigenvalue weighted by Gasteiger charge is 2.22. The van der Waals surface area contributed by atoms with E-state index in [0.29, 0.717) is 12.5 Å². The minimum absolute atomic E-state index is 0.315. The number of alkyl carbamates (subject to hydrolysis) is 1. The molecule has 3 N–H and O–H groups in total. The molecule has 4 heterocycles. The largest absolute Gasteiger partial charge is 0.444 e.